The lowest BCUT2D eigenvalue weighted by Gasteiger charge is -2.32. The van der Waals surface area contributed by atoms with E-state index in [9.17, 15) is 48.7 Å². The molecule has 0 aromatic carbocycles. The monoisotopic (exact) mass is 416 g/mol. The molecule has 3 unspecified atom stereocenters. The standard InChI is InChI=1S/C15H14F10O2/c16-11(17)15(24,25)13(20,21)5-12(18,19)14(22,23)6-27-10(26)9-4-7-1-2-8(9)3-7/h1-2,7-9,11H,3-6H2. The molecule has 0 amide bonds. The van der Waals surface area contributed by atoms with Crippen LogP contribution in [-0.2, 0) is 9.53 Å². The van der Waals surface area contributed by atoms with Gasteiger partial charge in [0, 0.05) is 0 Å². The van der Waals surface area contributed by atoms with Gasteiger partial charge in [0.2, 0.25) is 0 Å². The van der Waals surface area contributed by atoms with E-state index >= 15 is 0 Å². The Bertz CT molecular complexity index is 601. The van der Waals surface area contributed by atoms with E-state index in [2.05, 4.69) is 4.74 Å². The van der Waals surface area contributed by atoms with E-state index in [4.69, 9.17) is 0 Å². The van der Waals surface area contributed by atoms with Crippen molar-refractivity contribution in [2.45, 2.75) is 49.4 Å². The van der Waals surface area contributed by atoms with Crippen LogP contribution in [0.5, 0.6) is 0 Å². The second kappa shape index (κ2) is 6.84. The fourth-order valence-electron chi connectivity index (χ4n) is 3.11. The van der Waals surface area contributed by atoms with E-state index in [1.807, 2.05) is 0 Å². The molecule has 0 aliphatic heterocycles. The molecule has 0 saturated heterocycles. The third-order valence-corrected chi connectivity index (χ3v) is 4.72. The maximum atomic E-state index is 13.5. The van der Waals surface area contributed by atoms with Gasteiger partial charge in [-0.25, -0.2) is 8.78 Å². The molecule has 1 fully saturated rings. The van der Waals surface area contributed by atoms with Gasteiger partial charge in [0.1, 0.15) is 0 Å². The second-order valence-corrected chi connectivity index (χ2v) is 6.71. The number of rotatable bonds is 8. The predicted octanol–water partition coefficient (Wildman–Crippen LogP) is 4.94. The van der Waals surface area contributed by atoms with Crippen molar-refractivity contribution < 1.29 is 53.4 Å². The molecule has 0 radical (unpaired) electrons. The first-order chi connectivity index (χ1) is 12.1. The number of halogens is 10. The summed E-state index contributed by atoms with van der Waals surface area (Å²) < 4.78 is 133. The summed E-state index contributed by atoms with van der Waals surface area (Å²) in [4.78, 5) is 11.7. The van der Waals surface area contributed by atoms with Gasteiger partial charge >= 0.3 is 36.1 Å². The lowest BCUT2D eigenvalue weighted by Crippen LogP contribution is -2.54. The third-order valence-electron chi connectivity index (χ3n) is 4.72. The van der Waals surface area contributed by atoms with Crippen molar-refractivity contribution in [2.75, 3.05) is 6.61 Å². The molecular formula is C15H14F10O2. The molecule has 0 N–H and O–H groups in total. The van der Waals surface area contributed by atoms with Crippen LogP contribution in [0.3, 0.4) is 0 Å². The van der Waals surface area contributed by atoms with E-state index in [0.29, 0.717) is 6.42 Å². The highest BCUT2D eigenvalue weighted by Crippen LogP contribution is 2.49. The van der Waals surface area contributed by atoms with E-state index in [1.165, 1.54) is 0 Å². The number of esters is 1. The lowest BCUT2D eigenvalue weighted by atomic mass is 9.94. The van der Waals surface area contributed by atoms with Gasteiger partial charge in [-0.05, 0) is 24.7 Å². The van der Waals surface area contributed by atoms with Crippen molar-refractivity contribution in [3.63, 3.8) is 0 Å². The van der Waals surface area contributed by atoms with Gasteiger partial charge in [-0.3, -0.25) is 4.79 Å². The number of ether oxygens (including phenoxy) is 1. The van der Waals surface area contributed by atoms with Crippen molar-refractivity contribution in [3.8, 4) is 0 Å². The van der Waals surface area contributed by atoms with Gasteiger partial charge in [0.05, 0.1) is 12.3 Å². The predicted molar refractivity (Wildman–Crippen MR) is 70.2 cm³/mol. The Morgan fingerprint density at radius 1 is 0.926 bits per heavy atom. The maximum absolute atomic E-state index is 13.5. The minimum atomic E-state index is -6.24. The van der Waals surface area contributed by atoms with E-state index in [-0.39, 0.29) is 18.3 Å². The Hall–Kier alpha value is -1.49. The molecule has 0 spiro atoms. The van der Waals surface area contributed by atoms with Crippen molar-refractivity contribution in [1.29, 1.82) is 0 Å². The summed E-state index contributed by atoms with van der Waals surface area (Å²) in [6.45, 7) is -2.34. The van der Waals surface area contributed by atoms with Gasteiger partial charge in [0.25, 0.3) is 0 Å². The van der Waals surface area contributed by atoms with Crippen LogP contribution in [0.25, 0.3) is 0 Å². The Kier molecular flexibility index (Phi) is 5.52. The number of alkyl halides is 10. The van der Waals surface area contributed by atoms with Crippen molar-refractivity contribution >= 4 is 5.97 Å². The maximum Gasteiger partial charge on any atom is 0.369 e. The minimum Gasteiger partial charge on any atom is -0.459 e. The quantitative estimate of drug-likeness (QED) is 0.319. The molecule has 12 heteroatoms. The van der Waals surface area contributed by atoms with Crippen LogP contribution in [-0.4, -0.2) is 42.7 Å². The van der Waals surface area contributed by atoms with Crippen LogP contribution in [0.1, 0.15) is 19.3 Å². The molecule has 27 heavy (non-hydrogen) atoms. The molecule has 2 rings (SSSR count). The van der Waals surface area contributed by atoms with Gasteiger partial charge in [0.15, 0.2) is 6.61 Å². The molecule has 0 aromatic heterocycles. The number of allylic oxidation sites excluding steroid dienone is 2. The Morgan fingerprint density at radius 3 is 1.96 bits per heavy atom. The SMILES string of the molecule is O=C(OCC(F)(F)C(F)(F)CC(F)(F)C(F)(F)C(F)F)C1CC2C=CC1C2. The zero-order valence-electron chi connectivity index (χ0n) is 13.4. The van der Waals surface area contributed by atoms with E-state index in [1.54, 1.807) is 12.2 Å². The van der Waals surface area contributed by atoms with Crippen LogP contribution >= 0.6 is 0 Å². The average Bonchev–Trinajstić information content (AvgIpc) is 3.14. The second-order valence-electron chi connectivity index (χ2n) is 6.71. The summed E-state index contributed by atoms with van der Waals surface area (Å²) in [5.41, 5.74) is 0. The van der Waals surface area contributed by atoms with Crippen LogP contribution < -0.4 is 0 Å². The first kappa shape index (κ1) is 21.8. The van der Waals surface area contributed by atoms with Gasteiger partial charge in [-0.2, -0.15) is 35.1 Å². The van der Waals surface area contributed by atoms with Gasteiger partial charge in [-0.1, -0.05) is 12.2 Å². The molecule has 0 aromatic rings. The van der Waals surface area contributed by atoms with Crippen LogP contribution in [0.2, 0.25) is 0 Å². The van der Waals surface area contributed by atoms with Crippen LogP contribution in [0.15, 0.2) is 12.2 Å². The minimum absolute atomic E-state index is 0.0183. The molecule has 2 bridgehead atoms. The summed E-state index contributed by atoms with van der Waals surface area (Å²) in [5.74, 6) is -26.0. The molecule has 2 aliphatic rings. The number of hydrogen-bond acceptors (Lipinski definition) is 2. The van der Waals surface area contributed by atoms with Gasteiger partial charge in [-0.15, -0.1) is 0 Å². The molecule has 3 atom stereocenters. The number of fused-ring (bicyclic) bond motifs is 2. The topological polar surface area (TPSA) is 26.3 Å². The Labute approximate surface area is 146 Å². The van der Waals surface area contributed by atoms with Crippen LogP contribution in [0.4, 0.5) is 43.9 Å². The molecular weight excluding hydrogens is 402 g/mol. The fraction of sp³-hybridized carbons (Fsp3) is 0.800. The summed E-state index contributed by atoms with van der Waals surface area (Å²) >= 11 is 0. The molecule has 156 valence electrons. The highest BCUT2D eigenvalue weighted by molar-refractivity contribution is 5.74. The highest BCUT2D eigenvalue weighted by atomic mass is 19.3. The zero-order valence-corrected chi connectivity index (χ0v) is 13.4. The molecule has 2 aliphatic carbocycles. The Balaban J connectivity index is 2.01. The molecule has 1 saturated carbocycles. The van der Waals surface area contributed by atoms with Crippen molar-refractivity contribution in [2.24, 2.45) is 17.8 Å². The molecule has 0 heterocycles. The fourth-order valence-corrected chi connectivity index (χ4v) is 3.11. The normalized spacial score (nSPS) is 26.1. The highest BCUT2D eigenvalue weighted by Gasteiger charge is 2.70. The summed E-state index contributed by atoms with van der Waals surface area (Å²) in [7, 11) is 0. The average molecular weight is 416 g/mol. The Morgan fingerprint density at radius 2 is 1.52 bits per heavy atom. The number of carbonyl (C=O) groups excluding carboxylic acids is 1. The lowest BCUT2D eigenvalue weighted by molar-refractivity contribution is -0.310. The zero-order chi connectivity index (χ0) is 20.8. The van der Waals surface area contributed by atoms with Crippen LogP contribution in [0, 0.1) is 17.8 Å². The summed E-state index contributed by atoms with van der Waals surface area (Å²) in [6.07, 6.45) is -4.34. The first-order valence-electron chi connectivity index (χ1n) is 7.75. The number of hydrogen-bond donors (Lipinski definition) is 0. The molecule has 2 nitrogen and oxygen atoms in total. The van der Waals surface area contributed by atoms with Gasteiger partial charge < -0.3 is 4.74 Å². The smallest absolute Gasteiger partial charge is 0.369 e. The summed E-state index contributed by atoms with van der Waals surface area (Å²) in [6, 6.07) is 0. The van der Waals surface area contributed by atoms with Crippen molar-refractivity contribution in [3.05, 3.63) is 12.2 Å². The third kappa shape index (κ3) is 4.03. The van der Waals surface area contributed by atoms with E-state index < -0.39 is 55.0 Å². The first-order valence-corrected chi connectivity index (χ1v) is 7.75. The summed E-state index contributed by atoms with van der Waals surface area (Å²) in [5, 5.41) is 0. The number of carbonyl (C=O) groups is 1. The van der Waals surface area contributed by atoms with E-state index in [0.717, 1.165) is 0 Å². The largest absolute Gasteiger partial charge is 0.459 e. The van der Waals surface area contributed by atoms with Crippen molar-refractivity contribution in [1.82, 2.24) is 0 Å².